The van der Waals surface area contributed by atoms with Crippen molar-refractivity contribution in [3.63, 3.8) is 0 Å². The number of aryl methyl sites for hydroxylation is 1. The number of methoxy groups -OCH3 is 1. The van der Waals surface area contributed by atoms with E-state index in [0.717, 1.165) is 16.8 Å². The van der Waals surface area contributed by atoms with E-state index >= 15 is 0 Å². The third kappa shape index (κ3) is 2.92. The Kier molecular flexibility index (Phi) is 4.17. The summed E-state index contributed by atoms with van der Waals surface area (Å²) in [5, 5.41) is 9.42. The van der Waals surface area contributed by atoms with Gasteiger partial charge < -0.3 is 9.30 Å². The van der Waals surface area contributed by atoms with Crippen molar-refractivity contribution in [3.05, 3.63) is 77.6 Å². The quantitative estimate of drug-likeness (QED) is 0.683. The second kappa shape index (κ2) is 6.43. The van der Waals surface area contributed by atoms with Gasteiger partial charge in [-0.25, -0.2) is 4.79 Å². The van der Waals surface area contributed by atoms with Crippen molar-refractivity contribution >= 4 is 5.97 Å². The van der Waals surface area contributed by atoms with E-state index in [-0.39, 0.29) is 5.97 Å². The van der Waals surface area contributed by atoms with E-state index in [1.165, 1.54) is 12.7 Å². The number of esters is 1. The molecule has 0 saturated heterocycles. The van der Waals surface area contributed by atoms with E-state index in [4.69, 9.17) is 4.74 Å². The summed E-state index contributed by atoms with van der Waals surface area (Å²) < 4.78 is 6.58. The predicted molar refractivity (Wildman–Crippen MR) is 92.0 cm³/mol. The molecule has 118 valence electrons. The molecule has 0 fully saturated rings. The Hall–Kier alpha value is -3.32. The van der Waals surface area contributed by atoms with Gasteiger partial charge in [0.05, 0.1) is 18.2 Å². The Morgan fingerprint density at radius 1 is 1.04 bits per heavy atom. The molecule has 0 aliphatic rings. The van der Waals surface area contributed by atoms with Crippen LogP contribution >= 0.6 is 0 Å². The van der Waals surface area contributed by atoms with Crippen LogP contribution in [-0.4, -0.2) is 17.6 Å². The van der Waals surface area contributed by atoms with Crippen LogP contribution in [0.3, 0.4) is 0 Å². The number of nitriles is 1. The molecule has 0 amide bonds. The monoisotopic (exact) mass is 316 g/mol. The first kappa shape index (κ1) is 15.6. The fourth-order valence-corrected chi connectivity index (χ4v) is 2.54. The minimum atomic E-state index is -0.368. The Balaban J connectivity index is 1.99. The summed E-state index contributed by atoms with van der Waals surface area (Å²) in [7, 11) is 1.36. The first-order valence-electron chi connectivity index (χ1n) is 7.50. The highest BCUT2D eigenvalue weighted by atomic mass is 16.5. The first-order chi connectivity index (χ1) is 11.6. The fraction of sp³-hybridized carbons (Fsp3) is 0.100. The molecule has 4 heteroatoms. The average molecular weight is 316 g/mol. The molecule has 0 saturated carbocycles. The van der Waals surface area contributed by atoms with Gasteiger partial charge in [0.15, 0.2) is 0 Å². The lowest BCUT2D eigenvalue weighted by Gasteiger charge is -2.04. The summed E-state index contributed by atoms with van der Waals surface area (Å²) in [6.45, 7) is 2.03. The van der Waals surface area contributed by atoms with Crippen LogP contribution < -0.4 is 0 Å². The van der Waals surface area contributed by atoms with Gasteiger partial charge in [0.1, 0.15) is 6.07 Å². The van der Waals surface area contributed by atoms with Gasteiger partial charge in [-0.15, -0.1) is 0 Å². The number of benzene rings is 2. The number of hydrogen-bond acceptors (Lipinski definition) is 3. The highest BCUT2D eigenvalue weighted by molar-refractivity contribution is 5.89. The predicted octanol–water partition coefficient (Wildman–Crippen LogP) is 4.11. The molecule has 0 spiro atoms. The topological polar surface area (TPSA) is 55.0 Å². The van der Waals surface area contributed by atoms with Crippen LogP contribution in [0.15, 0.2) is 60.9 Å². The normalized spacial score (nSPS) is 10.2. The van der Waals surface area contributed by atoms with Gasteiger partial charge >= 0.3 is 5.97 Å². The summed E-state index contributed by atoms with van der Waals surface area (Å²) in [5.41, 5.74) is 5.03. The molecule has 0 aliphatic heterocycles. The van der Waals surface area contributed by atoms with Gasteiger partial charge in [0, 0.05) is 23.6 Å². The lowest BCUT2D eigenvalue weighted by molar-refractivity contribution is 0.0601. The SMILES string of the molecule is COC(=O)c1ccc(-n2cc(C#N)c(-c3ccc(C)cc3)c2)cc1. The molecule has 2 aromatic carbocycles. The van der Waals surface area contributed by atoms with Crippen molar-refractivity contribution < 1.29 is 9.53 Å². The summed E-state index contributed by atoms with van der Waals surface area (Å²) in [5.74, 6) is -0.368. The standard InChI is InChI=1S/C20H16N2O2/c1-14-3-5-15(6-4-14)19-13-22(12-17(19)11-21)18-9-7-16(8-10-18)20(23)24-2/h3-10,12-13H,1-2H3. The van der Waals surface area contributed by atoms with Crippen LogP contribution in [0.1, 0.15) is 21.5 Å². The van der Waals surface area contributed by atoms with Gasteiger partial charge in [0.25, 0.3) is 0 Å². The largest absolute Gasteiger partial charge is 0.465 e. The van der Waals surface area contributed by atoms with E-state index in [0.29, 0.717) is 11.1 Å². The molecule has 1 aromatic heterocycles. The molecular weight excluding hydrogens is 300 g/mol. The molecule has 0 N–H and O–H groups in total. The molecule has 0 bridgehead atoms. The molecule has 0 radical (unpaired) electrons. The van der Waals surface area contributed by atoms with E-state index in [1.807, 2.05) is 54.1 Å². The first-order valence-corrected chi connectivity index (χ1v) is 7.50. The van der Waals surface area contributed by atoms with Gasteiger partial charge in [-0.3, -0.25) is 0 Å². The Labute approximate surface area is 140 Å². The molecule has 1 heterocycles. The second-order valence-electron chi connectivity index (χ2n) is 5.51. The lowest BCUT2D eigenvalue weighted by atomic mass is 10.0. The number of hydrogen-bond donors (Lipinski definition) is 0. The second-order valence-corrected chi connectivity index (χ2v) is 5.51. The number of rotatable bonds is 3. The summed E-state index contributed by atoms with van der Waals surface area (Å²) >= 11 is 0. The number of carbonyl (C=O) groups is 1. The van der Waals surface area contributed by atoms with Gasteiger partial charge in [-0.2, -0.15) is 5.26 Å². The molecular formula is C20H16N2O2. The van der Waals surface area contributed by atoms with Crippen LogP contribution in [0, 0.1) is 18.3 Å². The number of aromatic nitrogens is 1. The maximum atomic E-state index is 11.5. The Morgan fingerprint density at radius 2 is 1.71 bits per heavy atom. The van der Waals surface area contributed by atoms with Crippen LogP contribution in [0.5, 0.6) is 0 Å². The summed E-state index contributed by atoms with van der Waals surface area (Å²) in [6, 6.07) is 17.4. The molecule has 3 rings (SSSR count). The zero-order chi connectivity index (χ0) is 17.1. The molecule has 0 atom stereocenters. The fourth-order valence-electron chi connectivity index (χ4n) is 2.54. The van der Waals surface area contributed by atoms with Gasteiger partial charge in [-0.05, 0) is 36.8 Å². The van der Waals surface area contributed by atoms with Crippen molar-refractivity contribution in [2.45, 2.75) is 6.92 Å². The van der Waals surface area contributed by atoms with E-state index < -0.39 is 0 Å². The zero-order valence-electron chi connectivity index (χ0n) is 13.5. The van der Waals surface area contributed by atoms with Crippen molar-refractivity contribution in [1.29, 1.82) is 5.26 Å². The van der Waals surface area contributed by atoms with Crippen LogP contribution in [-0.2, 0) is 4.74 Å². The third-order valence-electron chi connectivity index (χ3n) is 3.90. The van der Waals surface area contributed by atoms with E-state index in [1.54, 1.807) is 18.3 Å². The maximum Gasteiger partial charge on any atom is 0.337 e. The van der Waals surface area contributed by atoms with Crippen LogP contribution in [0.4, 0.5) is 0 Å². The zero-order valence-corrected chi connectivity index (χ0v) is 13.5. The van der Waals surface area contributed by atoms with Crippen molar-refractivity contribution in [3.8, 4) is 22.9 Å². The minimum absolute atomic E-state index is 0.368. The summed E-state index contributed by atoms with van der Waals surface area (Å²) in [4.78, 5) is 11.5. The average Bonchev–Trinajstić information content (AvgIpc) is 3.06. The third-order valence-corrected chi connectivity index (χ3v) is 3.90. The number of ether oxygens (including phenoxy) is 1. The van der Waals surface area contributed by atoms with Crippen LogP contribution in [0.25, 0.3) is 16.8 Å². The van der Waals surface area contributed by atoms with Crippen molar-refractivity contribution in [2.75, 3.05) is 7.11 Å². The minimum Gasteiger partial charge on any atom is -0.465 e. The molecule has 24 heavy (non-hydrogen) atoms. The van der Waals surface area contributed by atoms with Crippen molar-refractivity contribution in [2.24, 2.45) is 0 Å². The van der Waals surface area contributed by atoms with E-state index in [2.05, 4.69) is 6.07 Å². The Bertz CT molecular complexity index is 914. The van der Waals surface area contributed by atoms with Crippen LogP contribution in [0.2, 0.25) is 0 Å². The number of nitrogens with zero attached hydrogens (tertiary/aromatic N) is 2. The Morgan fingerprint density at radius 3 is 2.29 bits per heavy atom. The van der Waals surface area contributed by atoms with E-state index in [9.17, 15) is 10.1 Å². The smallest absolute Gasteiger partial charge is 0.337 e. The van der Waals surface area contributed by atoms with Gasteiger partial charge in [0.2, 0.25) is 0 Å². The highest BCUT2D eigenvalue weighted by Gasteiger charge is 2.11. The molecule has 4 nitrogen and oxygen atoms in total. The molecule has 0 unspecified atom stereocenters. The summed E-state index contributed by atoms with van der Waals surface area (Å²) in [6.07, 6.45) is 3.72. The maximum absolute atomic E-state index is 11.5. The van der Waals surface area contributed by atoms with Crippen molar-refractivity contribution in [1.82, 2.24) is 4.57 Å². The molecule has 0 aliphatic carbocycles. The molecule has 3 aromatic rings. The highest BCUT2D eigenvalue weighted by Crippen LogP contribution is 2.26. The number of carbonyl (C=O) groups excluding carboxylic acids is 1. The lowest BCUT2D eigenvalue weighted by Crippen LogP contribution is -2.01. The van der Waals surface area contributed by atoms with Gasteiger partial charge in [-0.1, -0.05) is 29.8 Å².